The molecule has 0 aromatic heterocycles. The molecule has 1 nitrogen and oxygen atoms in total. The van der Waals surface area contributed by atoms with E-state index >= 15 is 0 Å². The van der Waals surface area contributed by atoms with Crippen LogP contribution in [0.4, 0.5) is 0 Å². The first kappa shape index (κ1) is 11.5. The Balaban J connectivity index is 4.45. The van der Waals surface area contributed by atoms with E-state index in [9.17, 15) is 0 Å². The zero-order chi connectivity index (χ0) is 9.94. The molecule has 0 amide bonds. The number of nitrogens with one attached hydrogen (secondary N) is 1. The maximum atomic E-state index is 4.01. The average Bonchev–Trinajstić information content (AvgIpc) is 2.01. The molecular weight excluding hydrogens is 146 g/mol. The monoisotopic (exact) mass is 169 g/mol. The Morgan fingerprint density at radius 1 is 1.25 bits per heavy atom. The molecule has 1 heteroatoms. The number of hydrogen-bond acceptors (Lipinski definition) is 1. The van der Waals surface area contributed by atoms with Gasteiger partial charge in [-0.05, 0) is 11.3 Å². The van der Waals surface area contributed by atoms with E-state index in [-0.39, 0.29) is 0 Å². The van der Waals surface area contributed by atoms with Crippen molar-refractivity contribution < 1.29 is 0 Å². The smallest absolute Gasteiger partial charge is 0.00652 e. The van der Waals surface area contributed by atoms with Gasteiger partial charge in [0.2, 0.25) is 0 Å². The molecule has 0 fully saturated rings. The molecule has 0 bridgehead atoms. The standard InChI is InChI=1S/C11H23N/c1-8(2)11(5,6)9(3)10(4)12-7/h8-9,12H,4H2,1-3,5-7H3. The minimum atomic E-state index is 0.320. The molecule has 0 aromatic carbocycles. The Morgan fingerprint density at radius 2 is 1.67 bits per heavy atom. The molecular formula is C11H23N. The Kier molecular flexibility index (Phi) is 3.82. The van der Waals surface area contributed by atoms with Crippen LogP contribution in [-0.2, 0) is 0 Å². The summed E-state index contributed by atoms with van der Waals surface area (Å²) in [7, 11) is 1.94. The Hall–Kier alpha value is -0.460. The van der Waals surface area contributed by atoms with Crippen LogP contribution in [0.25, 0.3) is 0 Å². The van der Waals surface area contributed by atoms with Gasteiger partial charge in [-0.1, -0.05) is 41.2 Å². The van der Waals surface area contributed by atoms with E-state index in [4.69, 9.17) is 0 Å². The molecule has 0 aliphatic rings. The van der Waals surface area contributed by atoms with Gasteiger partial charge in [0.1, 0.15) is 0 Å². The van der Waals surface area contributed by atoms with Crippen LogP contribution in [0.2, 0.25) is 0 Å². The van der Waals surface area contributed by atoms with Gasteiger partial charge in [-0.15, -0.1) is 0 Å². The van der Waals surface area contributed by atoms with E-state index in [0.29, 0.717) is 17.3 Å². The summed E-state index contributed by atoms with van der Waals surface area (Å²) >= 11 is 0. The van der Waals surface area contributed by atoms with Crippen LogP contribution in [-0.4, -0.2) is 7.05 Å². The summed E-state index contributed by atoms with van der Waals surface area (Å²) in [5.41, 5.74) is 1.45. The Morgan fingerprint density at radius 3 is 1.92 bits per heavy atom. The van der Waals surface area contributed by atoms with Crippen molar-refractivity contribution in [3.8, 4) is 0 Å². The van der Waals surface area contributed by atoms with Gasteiger partial charge < -0.3 is 5.32 Å². The Labute approximate surface area is 77.2 Å². The van der Waals surface area contributed by atoms with Crippen molar-refractivity contribution in [1.29, 1.82) is 0 Å². The van der Waals surface area contributed by atoms with Crippen molar-refractivity contribution in [3.63, 3.8) is 0 Å². The minimum Gasteiger partial charge on any atom is -0.392 e. The van der Waals surface area contributed by atoms with E-state index in [1.165, 1.54) is 0 Å². The fraction of sp³-hybridized carbons (Fsp3) is 0.818. The highest BCUT2D eigenvalue weighted by Crippen LogP contribution is 2.37. The summed E-state index contributed by atoms with van der Waals surface area (Å²) < 4.78 is 0. The lowest BCUT2D eigenvalue weighted by Gasteiger charge is -2.36. The molecule has 0 saturated carbocycles. The maximum absolute atomic E-state index is 4.01. The molecule has 0 heterocycles. The molecule has 1 N–H and O–H groups in total. The summed E-state index contributed by atoms with van der Waals surface area (Å²) in [5, 5.41) is 3.13. The van der Waals surface area contributed by atoms with Gasteiger partial charge in [-0.3, -0.25) is 0 Å². The third kappa shape index (κ3) is 2.26. The predicted molar refractivity (Wildman–Crippen MR) is 56.0 cm³/mol. The normalized spacial score (nSPS) is 14.6. The molecule has 0 aliphatic carbocycles. The second kappa shape index (κ2) is 3.97. The lowest BCUT2D eigenvalue weighted by Crippen LogP contribution is -2.32. The maximum Gasteiger partial charge on any atom is 0.00652 e. The number of allylic oxidation sites excluding steroid dienone is 1. The first-order valence-electron chi connectivity index (χ1n) is 4.70. The van der Waals surface area contributed by atoms with Crippen molar-refractivity contribution in [2.75, 3.05) is 7.05 Å². The highest BCUT2D eigenvalue weighted by atomic mass is 14.8. The summed E-state index contributed by atoms with van der Waals surface area (Å²) in [5.74, 6) is 1.19. The van der Waals surface area contributed by atoms with Gasteiger partial charge in [-0.2, -0.15) is 0 Å². The highest BCUT2D eigenvalue weighted by Gasteiger charge is 2.30. The molecule has 0 saturated heterocycles. The lowest BCUT2D eigenvalue weighted by molar-refractivity contribution is 0.172. The number of rotatable bonds is 4. The van der Waals surface area contributed by atoms with Crippen LogP contribution in [0, 0.1) is 17.3 Å². The van der Waals surface area contributed by atoms with Crippen LogP contribution in [0.1, 0.15) is 34.6 Å². The molecule has 0 rings (SSSR count). The molecule has 0 aromatic rings. The number of hydrogen-bond donors (Lipinski definition) is 1. The summed E-state index contributed by atoms with van der Waals surface area (Å²) in [6.45, 7) is 15.4. The van der Waals surface area contributed by atoms with Gasteiger partial charge >= 0.3 is 0 Å². The fourth-order valence-corrected chi connectivity index (χ4v) is 1.17. The lowest BCUT2D eigenvalue weighted by atomic mass is 9.70. The van der Waals surface area contributed by atoms with Gasteiger partial charge in [0.25, 0.3) is 0 Å². The average molecular weight is 169 g/mol. The zero-order valence-corrected chi connectivity index (χ0v) is 9.36. The van der Waals surface area contributed by atoms with E-state index in [0.717, 1.165) is 5.70 Å². The van der Waals surface area contributed by atoms with E-state index in [1.807, 2.05) is 7.05 Å². The van der Waals surface area contributed by atoms with Crippen molar-refractivity contribution >= 4 is 0 Å². The summed E-state index contributed by atoms with van der Waals surface area (Å²) in [6, 6.07) is 0. The van der Waals surface area contributed by atoms with Crippen LogP contribution in [0.5, 0.6) is 0 Å². The first-order chi connectivity index (χ1) is 5.34. The molecule has 1 unspecified atom stereocenters. The summed E-state index contributed by atoms with van der Waals surface area (Å²) in [4.78, 5) is 0. The largest absolute Gasteiger partial charge is 0.392 e. The highest BCUT2D eigenvalue weighted by molar-refractivity contribution is 5.01. The van der Waals surface area contributed by atoms with Gasteiger partial charge in [-0.25, -0.2) is 0 Å². The van der Waals surface area contributed by atoms with Crippen molar-refractivity contribution in [2.45, 2.75) is 34.6 Å². The van der Waals surface area contributed by atoms with Crippen molar-refractivity contribution in [1.82, 2.24) is 5.32 Å². The quantitative estimate of drug-likeness (QED) is 0.682. The van der Waals surface area contributed by atoms with Crippen LogP contribution in [0.3, 0.4) is 0 Å². The summed E-state index contributed by atoms with van der Waals surface area (Å²) in [6.07, 6.45) is 0. The van der Waals surface area contributed by atoms with Crippen LogP contribution >= 0.6 is 0 Å². The third-order valence-corrected chi connectivity index (χ3v) is 3.45. The zero-order valence-electron chi connectivity index (χ0n) is 9.36. The molecule has 0 radical (unpaired) electrons. The Bertz CT molecular complexity index is 156. The van der Waals surface area contributed by atoms with E-state index in [1.54, 1.807) is 0 Å². The van der Waals surface area contributed by atoms with Crippen molar-refractivity contribution in [2.24, 2.45) is 17.3 Å². The van der Waals surface area contributed by atoms with Crippen LogP contribution < -0.4 is 5.32 Å². The van der Waals surface area contributed by atoms with Crippen LogP contribution in [0.15, 0.2) is 12.3 Å². The van der Waals surface area contributed by atoms with Gasteiger partial charge in [0.15, 0.2) is 0 Å². The molecule has 0 spiro atoms. The molecule has 0 aliphatic heterocycles. The topological polar surface area (TPSA) is 12.0 Å². The van der Waals surface area contributed by atoms with Gasteiger partial charge in [0.05, 0.1) is 0 Å². The van der Waals surface area contributed by atoms with E-state index < -0.39 is 0 Å². The minimum absolute atomic E-state index is 0.320. The SMILES string of the molecule is C=C(NC)C(C)C(C)(C)C(C)C. The molecule has 1 atom stereocenters. The van der Waals surface area contributed by atoms with Crippen molar-refractivity contribution in [3.05, 3.63) is 12.3 Å². The second-order valence-electron chi connectivity index (χ2n) is 4.47. The third-order valence-electron chi connectivity index (χ3n) is 3.45. The fourth-order valence-electron chi connectivity index (χ4n) is 1.17. The molecule has 72 valence electrons. The molecule has 12 heavy (non-hydrogen) atoms. The first-order valence-corrected chi connectivity index (χ1v) is 4.70. The predicted octanol–water partition coefficient (Wildman–Crippen LogP) is 3.04. The van der Waals surface area contributed by atoms with Gasteiger partial charge in [0, 0.05) is 18.7 Å². The second-order valence-corrected chi connectivity index (χ2v) is 4.47. The van der Waals surface area contributed by atoms with E-state index in [2.05, 4.69) is 46.5 Å².